The van der Waals surface area contributed by atoms with Crippen molar-refractivity contribution in [2.45, 2.75) is 19.3 Å². The molecular formula is C17H17NO4. The molecule has 0 aliphatic heterocycles. The number of aromatic nitrogens is 1. The quantitative estimate of drug-likeness (QED) is 0.919. The van der Waals surface area contributed by atoms with Crippen molar-refractivity contribution in [3.8, 4) is 5.75 Å². The highest BCUT2D eigenvalue weighted by Crippen LogP contribution is 2.33. The average Bonchev–Trinajstić information content (AvgIpc) is 3.04. The largest absolute Gasteiger partial charge is 0.482 e. The number of hydrogen-bond donors (Lipinski definition) is 1. The van der Waals surface area contributed by atoms with Gasteiger partial charge < -0.3 is 14.3 Å². The van der Waals surface area contributed by atoms with Crippen LogP contribution in [0.1, 0.15) is 23.4 Å². The van der Waals surface area contributed by atoms with Crippen LogP contribution in [0.25, 0.3) is 6.08 Å². The van der Waals surface area contributed by atoms with E-state index in [1.165, 1.54) is 5.56 Å². The SMILES string of the molecule is O=C(O)COc1cccc2c1CCC(/C=C/c1ncco1)C2. The van der Waals surface area contributed by atoms with E-state index in [0.717, 1.165) is 24.8 Å². The second-order valence-corrected chi connectivity index (χ2v) is 5.31. The number of carboxylic acid groups (broad SMARTS) is 1. The van der Waals surface area contributed by atoms with Gasteiger partial charge in [-0.25, -0.2) is 9.78 Å². The third-order valence-corrected chi connectivity index (χ3v) is 3.79. The van der Waals surface area contributed by atoms with Crippen LogP contribution in [-0.4, -0.2) is 22.7 Å². The summed E-state index contributed by atoms with van der Waals surface area (Å²) in [5.74, 6) is 0.772. The number of fused-ring (bicyclic) bond motifs is 1. The molecule has 1 aromatic heterocycles. The van der Waals surface area contributed by atoms with E-state index in [0.29, 0.717) is 17.6 Å². The van der Waals surface area contributed by atoms with Crippen LogP contribution in [0.5, 0.6) is 5.75 Å². The summed E-state index contributed by atoms with van der Waals surface area (Å²) in [6.07, 6.45) is 10.0. The summed E-state index contributed by atoms with van der Waals surface area (Å²) in [7, 11) is 0. The monoisotopic (exact) mass is 299 g/mol. The normalized spacial score (nSPS) is 17.4. The van der Waals surface area contributed by atoms with Crippen LogP contribution in [0.15, 0.2) is 41.2 Å². The highest BCUT2D eigenvalue weighted by atomic mass is 16.5. The van der Waals surface area contributed by atoms with Gasteiger partial charge in [0.1, 0.15) is 12.0 Å². The molecule has 5 nitrogen and oxygen atoms in total. The lowest BCUT2D eigenvalue weighted by Crippen LogP contribution is -2.16. The van der Waals surface area contributed by atoms with Crippen LogP contribution in [0.3, 0.4) is 0 Å². The predicted octanol–water partition coefficient (Wildman–Crippen LogP) is 2.96. The van der Waals surface area contributed by atoms with Crippen molar-refractivity contribution in [2.24, 2.45) is 5.92 Å². The summed E-state index contributed by atoms with van der Waals surface area (Å²) in [6, 6.07) is 5.83. The fourth-order valence-corrected chi connectivity index (χ4v) is 2.77. The van der Waals surface area contributed by atoms with Gasteiger partial charge in [0.15, 0.2) is 6.61 Å². The van der Waals surface area contributed by atoms with Crippen LogP contribution >= 0.6 is 0 Å². The highest BCUT2D eigenvalue weighted by Gasteiger charge is 2.20. The Morgan fingerprint density at radius 3 is 3.18 bits per heavy atom. The van der Waals surface area contributed by atoms with Gasteiger partial charge in [0, 0.05) is 0 Å². The van der Waals surface area contributed by atoms with Crippen LogP contribution in [0.2, 0.25) is 0 Å². The van der Waals surface area contributed by atoms with Gasteiger partial charge in [-0.15, -0.1) is 0 Å². The van der Waals surface area contributed by atoms with Crippen molar-refractivity contribution in [3.05, 3.63) is 53.8 Å². The minimum Gasteiger partial charge on any atom is -0.482 e. The first-order valence-electron chi connectivity index (χ1n) is 7.25. The number of carbonyl (C=O) groups is 1. The molecule has 1 aliphatic rings. The van der Waals surface area contributed by atoms with Crippen LogP contribution < -0.4 is 4.74 Å². The molecule has 0 amide bonds. The Hall–Kier alpha value is -2.56. The Bertz CT molecular complexity index is 676. The molecule has 0 saturated heterocycles. The third kappa shape index (κ3) is 3.36. The molecule has 0 bridgehead atoms. The van der Waals surface area contributed by atoms with Gasteiger partial charge in [-0.2, -0.15) is 0 Å². The van der Waals surface area contributed by atoms with E-state index >= 15 is 0 Å². The van der Waals surface area contributed by atoms with E-state index in [-0.39, 0.29) is 6.61 Å². The number of nitrogens with zero attached hydrogens (tertiary/aromatic N) is 1. The maximum atomic E-state index is 10.6. The second-order valence-electron chi connectivity index (χ2n) is 5.31. The molecule has 114 valence electrons. The van der Waals surface area contributed by atoms with Crippen LogP contribution in [0, 0.1) is 5.92 Å². The molecule has 5 heteroatoms. The lowest BCUT2D eigenvalue weighted by molar-refractivity contribution is -0.139. The molecule has 1 N–H and O–H groups in total. The molecule has 0 fully saturated rings. The van der Waals surface area contributed by atoms with E-state index in [2.05, 4.69) is 17.1 Å². The van der Waals surface area contributed by atoms with Crippen LogP contribution in [-0.2, 0) is 17.6 Å². The Kier molecular flexibility index (Phi) is 4.23. The van der Waals surface area contributed by atoms with E-state index in [1.54, 1.807) is 12.5 Å². The van der Waals surface area contributed by atoms with Crippen molar-refractivity contribution in [1.29, 1.82) is 0 Å². The van der Waals surface area contributed by atoms with E-state index < -0.39 is 5.97 Å². The third-order valence-electron chi connectivity index (χ3n) is 3.79. The zero-order valence-electron chi connectivity index (χ0n) is 12.1. The summed E-state index contributed by atoms with van der Waals surface area (Å²) < 4.78 is 10.6. The first-order valence-corrected chi connectivity index (χ1v) is 7.25. The molecule has 1 unspecified atom stereocenters. The van der Waals surface area contributed by atoms with Gasteiger partial charge >= 0.3 is 5.97 Å². The highest BCUT2D eigenvalue weighted by molar-refractivity contribution is 5.68. The van der Waals surface area contributed by atoms with E-state index in [9.17, 15) is 4.79 Å². The molecule has 1 heterocycles. The molecule has 0 spiro atoms. The van der Waals surface area contributed by atoms with Gasteiger partial charge in [-0.1, -0.05) is 18.2 Å². The Morgan fingerprint density at radius 1 is 1.50 bits per heavy atom. The molecule has 0 saturated carbocycles. The summed E-state index contributed by atoms with van der Waals surface area (Å²) in [5, 5.41) is 8.73. The van der Waals surface area contributed by atoms with Crippen molar-refractivity contribution < 1.29 is 19.1 Å². The fraction of sp³-hybridized carbons (Fsp3) is 0.294. The van der Waals surface area contributed by atoms with Gasteiger partial charge in [0.05, 0.1) is 6.20 Å². The van der Waals surface area contributed by atoms with Gasteiger partial charge in [-0.05, 0) is 48.4 Å². The number of carboxylic acids is 1. The summed E-state index contributed by atoms with van der Waals surface area (Å²) >= 11 is 0. The predicted molar refractivity (Wildman–Crippen MR) is 80.6 cm³/mol. The Labute approximate surface area is 128 Å². The first kappa shape index (κ1) is 14.4. The van der Waals surface area contributed by atoms with Crippen molar-refractivity contribution >= 4 is 12.0 Å². The lowest BCUT2D eigenvalue weighted by atomic mass is 9.83. The topological polar surface area (TPSA) is 72.6 Å². The van der Waals surface area contributed by atoms with Gasteiger partial charge in [-0.3, -0.25) is 0 Å². The van der Waals surface area contributed by atoms with E-state index in [4.69, 9.17) is 14.3 Å². The van der Waals surface area contributed by atoms with Gasteiger partial charge in [0.25, 0.3) is 0 Å². The zero-order valence-corrected chi connectivity index (χ0v) is 12.1. The Morgan fingerprint density at radius 2 is 2.41 bits per heavy atom. The maximum Gasteiger partial charge on any atom is 0.341 e. The maximum absolute atomic E-state index is 10.6. The number of aliphatic carboxylic acids is 1. The number of ether oxygens (including phenoxy) is 1. The van der Waals surface area contributed by atoms with Crippen molar-refractivity contribution in [3.63, 3.8) is 0 Å². The van der Waals surface area contributed by atoms with Crippen LogP contribution in [0.4, 0.5) is 0 Å². The minimum atomic E-state index is -0.958. The summed E-state index contributed by atoms with van der Waals surface area (Å²) in [6.45, 7) is -0.302. The standard InChI is InChI=1S/C17H17NO4/c19-17(20)11-22-15-3-1-2-13-10-12(4-6-14(13)15)5-7-16-18-8-9-21-16/h1-3,5,7-9,12H,4,6,10-11H2,(H,19,20)/b7-5+. The zero-order chi connectivity index (χ0) is 15.4. The number of oxazole rings is 1. The Balaban J connectivity index is 1.70. The van der Waals surface area contributed by atoms with Crippen molar-refractivity contribution in [2.75, 3.05) is 6.61 Å². The number of hydrogen-bond acceptors (Lipinski definition) is 4. The lowest BCUT2D eigenvalue weighted by Gasteiger charge is -2.24. The molecule has 0 radical (unpaired) electrons. The second kappa shape index (κ2) is 6.47. The van der Waals surface area contributed by atoms with E-state index in [1.807, 2.05) is 18.2 Å². The summed E-state index contributed by atoms with van der Waals surface area (Å²) in [5.41, 5.74) is 2.35. The van der Waals surface area contributed by atoms with Crippen molar-refractivity contribution in [1.82, 2.24) is 4.98 Å². The molecule has 1 aromatic carbocycles. The van der Waals surface area contributed by atoms with Gasteiger partial charge in [0.2, 0.25) is 5.89 Å². The first-order chi connectivity index (χ1) is 10.7. The molecular weight excluding hydrogens is 282 g/mol. The summed E-state index contributed by atoms with van der Waals surface area (Å²) in [4.78, 5) is 14.7. The number of rotatable bonds is 5. The molecule has 1 aliphatic carbocycles. The molecule has 2 aromatic rings. The average molecular weight is 299 g/mol. The molecule has 22 heavy (non-hydrogen) atoms. The number of allylic oxidation sites excluding steroid dienone is 1. The molecule has 3 rings (SSSR count). The number of benzene rings is 1. The fourth-order valence-electron chi connectivity index (χ4n) is 2.77. The minimum absolute atomic E-state index is 0.302. The smallest absolute Gasteiger partial charge is 0.341 e. The molecule has 1 atom stereocenters.